The van der Waals surface area contributed by atoms with Gasteiger partial charge in [-0.15, -0.1) is 0 Å². The lowest BCUT2D eigenvalue weighted by Crippen LogP contribution is -2.27. The SMILES string of the molecule is NC(=O)C(Nc1cccc(Cl)c1)c1ccsc1. The molecule has 0 aliphatic heterocycles. The van der Waals surface area contributed by atoms with E-state index in [0.29, 0.717) is 5.02 Å². The van der Waals surface area contributed by atoms with Gasteiger partial charge in [-0.2, -0.15) is 11.3 Å². The molecule has 5 heteroatoms. The molecule has 1 heterocycles. The summed E-state index contributed by atoms with van der Waals surface area (Å²) >= 11 is 7.40. The maximum absolute atomic E-state index is 11.4. The number of amides is 1. The summed E-state index contributed by atoms with van der Waals surface area (Å²) in [7, 11) is 0. The van der Waals surface area contributed by atoms with E-state index in [9.17, 15) is 4.79 Å². The lowest BCUT2D eigenvalue weighted by atomic mass is 10.1. The second kappa shape index (κ2) is 5.21. The van der Waals surface area contributed by atoms with E-state index in [1.807, 2.05) is 29.0 Å². The second-order valence-electron chi connectivity index (χ2n) is 3.55. The molecule has 0 spiro atoms. The molecule has 3 nitrogen and oxygen atoms in total. The number of primary amides is 1. The summed E-state index contributed by atoms with van der Waals surface area (Å²) in [4.78, 5) is 11.4. The summed E-state index contributed by atoms with van der Waals surface area (Å²) in [6, 6.07) is 8.53. The molecule has 1 aromatic carbocycles. The lowest BCUT2D eigenvalue weighted by Gasteiger charge is -2.15. The van der Waals surface area contributed by atoms with Gasteiger partial charge in [0.1, 0.15) is 6.04 Å². The summed E-state index contributed by atoms with van der Waals surface area (Å²) in [5.74, 6) is -0.414. The summed E-state index contributed by atoms with van der Waals surface area (Å²) in [5.41, 5.74) is 7.02. The van der Waals surface area contributed by atoms with Gasteiger partial charge in [0.05, 0.1) is 0 Å². The van der Waals surface area contributed by atoms with Crippen LogP contribution in [0.2, 0.25) is 5.02 Å². The molecule has 0 fully saturated rings. The Bertz CT molecular complexity index is 513. The first-order valence-electron chi connectivity index (χ1n) is 5.00. The van der Waals surface area contributed by atoms with Gasteiger partial charge in [-0.25, -0.2) is 0 Å². The number of benzene rings is 1. The summed E-state index contributed by atoms with van der Waals surface area (Å²) in [6.45, 7) is 0. The van der Waals surface area contributed by atoms with Crippen molar-refractivity contribution in [2.75, 3.05) is 5.32 Å². The third-order valence-corrected chi connectivity index (χ3v) is 3.23. The predicted octanol–water partition coefficient (Wildman–Crippen LogP) is 3.04. The molecule has 1 aromatic heterocycles. The van der Waals surface area contributed by atoms with Crippen LogP contribution in [-0.4, -0.2) is 5.91 Å². The van der Waals surface area contributed by atoms with Crippen molar-refractivity contribution < 1.29 is 4.79 Å². The van der Waals surface area contributed by atoms with Crippen LogP contribution in [0.5, 0.6) is 0 Å². The van der Waals surface area contributed by atoms with Crippen LogP contribution in [0, 0.1) is 0 Å². The van der Waals surface area contributed by atoms with E-state index < -0.39 is 11.9 Å². The van der Waals surface area contributed by atoms with E-state index in [2.05, 4.69) is 5.32 Å². The highest BCUT2D eigenvalue weighted by molar-refractivity contribution is 7.08. The Kier molecular flexibility index (Phi) is 3.66. The van der Waals surface area contributed by atoms with Crippen molar-refractivity contribution in [3.63, 3.8) is 0 Å². The number of carbonyl (C=O) groups is 1. The van der Waals surface area contributed by atoms with Crippen molar-refractivity contribution in [1.82, 2.24) is 0 Å². The normalized spacial score (nSPS) is 12.1. The summed E-state index contributed by atoms with van der Waals surface area (Å²) < 4.78 is 0. The fourth-order valence-corrected chi connectivity index (χ4v) is 2.38. The van der Waals surface area contributed by atoms with E-state index in [4.69, 9.17) is 17.3 Å². The molecule has 0 saturated carbocycles. The Labute approximate surface area is 108 Å². The third-order valence-electron chi connectivity index (χ3n) is 2.30. The van der Waals surface area contributed by atoms with Crippen molar-refractivity contribution in [2.24, 2.45) is 5.73 Å². The highest BCUT2D eigenvalue weighted by Gasteiger charge is 2.17. The Morgan fingerprint density at radius 1 is 1.41 bits per heavy atom. The number of hydrogen-bond acceptors (Lipinski definition) is 3. The van der Waals surface area contributed by atoms with Crippen molar-refractivity contribution in [3.8, 4) is 0 Å². The van der Waals surface area contributed by atoms with Crippen LogP contribution in [0.4, 0.5) is 5.69 Å². The smallest absolute Gasteiger partial charge is 0.244 e. The van der Waals surface area contributed by atoms with Crippen LogP contribution >= 0.6 is 22.9 Å². The topological polar surface area (TPSA) is 55.1 Å². The first-order chi connectivity index (χ1) is 8.16. The number of hydrogen-bond donors (Lipinski definition) is 2. The van der Waals surface area contributed by atoms with Crippen molar-refractivity contribution >= 4 is 34.5 Å². The molecule has 1 unspecified atom stereocenters. The standard InChI is InChI=1S/C12H11ClN2OS/c13-9-2-1-3-10(6-9)15-11(12(14)16)8-4-5-17-7-8/h1-7,11,15H,(H2,14,16). The number of rotatable bonds is 4. The number of halogens is 1. The van der Waals surface area contributed by atoms with Gasteiger partial charge in [-0.05, 0) is 40.6 Å². The zero-order valence-corrected chi connectivity index (χ0v) is 10.5. The van der Waals surface area contributed by atoms with E-state index in [-0.39, 0.29) is 0 Å². The molecular formula is C12H11ClN2OS. The average molecular weight is 267 g/mol. The average Bonchev–Trinajstić information content (AvgIpc) is 2.78. The Morgan fingerprint density at radius 2 is 2.24 bits per heavy atom. The van der Waals surface area contributed by atoms with Crippen LogP contribution in [-0.2, 0) is 4.79 Å². The van der Waals surface area contributed by atoms with Crippen molar-refractivity contribution in [2.45, 2.75) is 6.04 Å². The molecule has 0 saturated heterocycles. The second-order valence-corrected chi connectivity index (χ2v) is 4.76. The molecular weight excluding hydrogens is 256 g/mol. The number of nitrogens with two attached hydrogens (primary N) is 1. The summed E-state index contributed by atoms with van der Waals surface area (Å²) in [5, 5.41) is 7.49. The minimum atomic E-state index is -0.528. The molecule has 0 radical (unpaired) electrons. The zero-order chi connectivity index (χ0) is 12.3. The monoisotopic (exact) mass is 266 g/mol. The molecule has 2 rings (SSSR count). The van der Waals surface area contributed by atoms with Crippen LogP contribution in [0.25, 0.3) is 0 Å². The van der Waals surface area contributed by atoms with Gasteiger partial charge >= 0.3 is 0 Å². The fraction of sp³-hybridized carbons (Fsp3) is 0.0833. The number of anilines is 1. The molecule has 1 atom stereocenters. The van der Waals surface area contributed by atoms with Crippen LogP contribution in [0.1, 0.15) is 11.6 Å². The van der Waals surface area contributed by atoms with Gasteiger partial charge in [-0.3, -0.25) is 4.79 Å². The number of carbonyl (C=O) groups excluding carboxylic acids is 1. The lowest BCUT2D eigenvalue weighted by molar-refractivity contribution is -0.118. The third kappa shape index (κ3) is 2.99. The number of thiophene rings is 1. The fourth-order valence-electron chi connectivity index (χ4n) is 1.50. The Morgan fingerprint density at radius 3 is 2.82 bits per heavy atom. The molecule has 0 aliphatic rings. The predicted molar refractivity (Wildman–Crippen MR) is 71.3 cm³/mol. The van der Waals surface area contributed by atoms with E-state index in [0.717, 1.165) is 11.3 Å². The highest BCUT2D eigenvalue weighted by Crippen LogP contribution is 2.23. The van der Waals surface area contributed by atoms with Crippen molar-refractivity contribution in [3.05, 3.63) is 51.7 Å². The maximum atomic E-state index is 11.4. The summed E-state index contributed by atoms with van der Waals surface area (Å²) in [6.07, 6.45) is 0. The Balaban J connectivity index is 2.22. The molecule has 3 N–H and O–H groups in total. The molecule has 88 valence electrons. The zero-order valence-electron chi connectivity index (χ0n) is 8.89. The van der Waals surface area contributed by atoms with Gasteiger partial charge < -0.3 is 11.1 Å². The molecule has 0 aliphatic carbocycles. The van der Waals surface area contributed by atoms with Crippen LogP contribution in [0.3, 0.4) is 0 Å². The minimum absolute atomic E-state index is 0.414. The van der Waals surface area contributed by atoms with Gasteiger partial charge in [0, 0.05) is 10.7 Å². The first-order valence-corrected chi connectivity index (χ1v) is 6.32. The van der Waals surface area contributed by atoms with E-state index in [1.165, 1.54) is 11.3 Å². The minimum Gasteiger partial charge on any atom is -0.370 e. The molecule has 2 aromatic rings. The van der Waals surface area contributed by atoms with Gasteiger partial charge in [-0.1, -0.05) is 17.7 Å². The molecule has 1 amide bonds. The van der Waals surface area contributed by atoms with Crippen LogP contribution in [0.15, 0.2) is 41.1 Å². The van der Waals surface area contributed by atoms with Gasteiger partial charge in [0.15, 0.2) is 0 Å². The van der Waals surface area contributed by atoms with E-state index in [1.54, 1.807) is 12.1 Å². The quantitative estimate of drug-likeness (QED) is 0.894. The number of nitrogens with one attached hydrogen (secondary N) is 1. The molecule has 0 bridgehead atoms. The maximum Gasteiger partial charge on any atom is 0.244 e. The highest BCUT2D eigenvalue weighted by atomic mass is 35.5. The van der Waals surface area contributed by atoms with Gasteiger partial charge in [0.2, 0.25) is 5.91 Å². The first kappa shape index (κ1) is 12.0. The Hall–Kier alpha value is -1.52. The largest absolute Gasteiger partial charge is 0.370 e. The van der Waals surface area contributed by atoms with Crippen molar-refractivity contribution in [1.29, 1.82) is 0 Å². The van der Waals surface area contributed by atoms with Gasteiger partial charge in [0.25, 0.3) is 0 Å². The van der Waals surface area contributed by atoms with Crippen LogP contribution < -0.4 is 11.1 Å². The molecule has 17 heavy (non-hydrogen) atoms. The van der Waals surface area contributed by atoms with E-state index >= 15 is 0 Å².